The van der Waals surface area contributed by atoms with E-state index in [1.54, 1.807) is 7.05 Å². The molecule has 0 aromatic rings. The van der Waals surface area contributed by atoms with Gasteiger partial charge in [0.15, 0.2) is 0 Å². The van der Waals surface area contributed by atoms with Crippen molar-refractivity contribution in [1.82, 2.24) is 47.0 Å². The second kappa shape index (κ2) is 58.6. The third kappa shape index (κ3) is 54.0. The average Bonchev–Trinajstić information content (AvgIpc) is 1.43. The summed E-state index contributed by atoms with van der Waals surface area (Å²) in [6.45, 7) is 5.98. The van der Waals surface area contributed by atoms with Crippen molar-refractivity contribution in [2.24, 2.45) is 23.3 Å². The van der Waals surface area contributed by atoms with E-state index in [0.717, 1.165) is 17.7 Å². The van der Waals surface area contributed by atoms with Crippen molar-refractivity contribution >= 4 is 77.1 Å². The lowest BCUT2D eigenvalue weighted by atomic mass is 9.96. The highest BCUT2D eigenvalue weighted by Gasteiger charge is 2.29. The van der Waals surface area contributed by atoms with Crippen LogP contribution < -0.4 is 48.7 Å². The van der Waals surface area contributed by atoms with Crippen LogP contribution in [0.15, 0.2) is 0 Å². The average molecular weight is 1340 g/mol. The smallest absolute Gasteiger partial charge is 0.320 e. The number of carbonyl (C=O) groups is 13. The summed E-state index contributed by atoms with van der Waals surface area (Å²) in [6, 6.07) is -2.95. The van der Waals surface area contributed by atoms with Crippen molar-refractivity contribution in [3.05, 3.63) is 0 Å². The number of hydrogen-bond acceptors (Lipinski definition) is 20. The molecule has 8 amide bonds. The first-order valence-electron chi connectivity index (χ1n) is 31.6. The highest BCUT2D eigenvalue weighted by atomic mass is 16.5. The molecule has 93 heavy (non-hydrogen) atoms. The highest BCUT2D eigenvalue weighted by molar-refractivity contribution is 5.88. The lowest BCUT2D eigenvalue weighted by Crippen LogP contribution is -2.47. The maximum Gasteiger partial charge on any atom is 0.320 e. The summed E-state index contributed by atoms with van der Waals surface area (Å²) in [4.78, 5) is 159. The van der Waals surface area contributed by atoms with E-state index in [1.807, 2.05) is 6.92 Å². The molecule has 0 bridgehead atoms. The molecule has 33 nitrogen and oxygen atoms in total. The van der Waals surface area contributed by atoms with Crippen LogP contribution in [0, 0.1) is 11.8 Å². The number of nitrogens with one attached hydrogen (secondary N) is 7. The van der Waals surface area contributed by atoms with Gasteiger partial charge in [-0.05, 0) is 96.6 Å². The van der Waals surface area contributed by atoms with Crippen molar-refractivity contribution in [3.63, 3.8) is 0 Å². The molecule has 0 saturated heterocycles. The molecule has 4 atom stereocenters. The van der Waals surface area contributed by atoms with Crippen molar-refractivity contribution < 1.29 is 107 Å². The van der Waals surface area contributed by atoms with Crippen molar-refractivity contribution in [2.75, 3.05) is 125 Å². The number of carboxylic acids is 5. The van der Waals surface area contributed by atoms with E-state index in [-0.39, 0.29) is 181 Å². The van der Waals surface area contributed by atoms with E-state index in [2.05, 4.69) is 51.1 Å². The SMILES string of the molecule is C.CCC.CC[C@@H](CCCCNC(=O)COCCOCCNC(=O)COCCOCCNC(=O)CCCC(=O)N[C@@H](CCCCNC(=O)CC[C@@H](C(=O)O)N(CCC(CC(=O)O)CC(=O)O)CCN(CC(=O)O)CC(=O)O)C(=O)NCCCC[C@H](NC)C(N)=O)C(N)=O. The van der Waals surface area contributed by atoms with E-state index >= 15 is 0 Å². The monoisotopic (exact) mass is 1340 g/mol. The van der Waals surface area contributed by atoms with Crippen molar-refractivity contribution in [3.8, 4) is 0 Å². The van der Waals surface area contributed by atoms with Gasteiger partial charge >= 0.3 is 29.8 Å². The van der Waals surface area contributed by atoms with Crippen LogP contribution >= 0.6 is 0 Å². The van der Waals surface area contributed by atoms with Gasteiger partial charge in [0.25, 0.3) is 0 Å². The zero-order valence-corrected chi connectivity index (χ0v) is 54.3. The first kappa shape index (κ1) is 90.0. The summed E-state index contributed by atoms with van der Waals surface area (Å²) in [5, 5.41) is 66.5. The zero-order chi connectivity index (χ0) is 69.5. The predicted octanol–water partition coefficient (Wildman–Crippen LogP) is -0.601. The number of rotatable bonds is 60. The van der Waals surface area contributed by atoms with E-state index in [9.17, 15) is 87.9 Å². The minimum atomic E-state index is -1.40. The third-order valence-corrected chi connectivity index (χ3v) is 13.7. The molecule has 0 heterocycles. The Morgan fingerprint density at radius 3 is 1.38 bits per heavy atom. The van der Waals surface area contributed by atoms with Gasteiger partial charge in [-0.2, -0.15) is 0 Å². The second-order valence-electron chi connectivity index (χ2n) is 21.7. The normalized spacial score (nSPS) is 12.2. The number of aliphatic carboxylic acids is 5. The highest BCUT2D eigenvalue weighted by Crippen LogP contribution is 2.18. The molecular formula is C60H111N11O22. The maximum atomic E-state index is 13.4. The number of ether oxygens (including phenoxy) is 4. The number of nitrogens with zero attached hydrogens (tertiary/aromatic N) is 2. The van der Waals surface area contributed by atoms with Gasteiger partial charge in [0.1, 0.15) is 25.3 Å². The number of carbonyl (C=O) groups excluding carboxylic acids is 8. The predicted molar refractivity (Wildman–Crippen MR) is 340 cm³/mol. The van der Waals surface area contributed by atoms with Gasteiger partial charge in [-0.15, -0.1) is 0 Å². The molecule has 0 radical (unpaired) electrons. The summed E-state index contributed by atoms with van der Waals surface area (Å²) in [7, 11) is 1.60. The molecule has 0 aliphatic heterocycles. The first-order valence-corrected chi connectivity index (χ1v) is 31.6. The summed E-state index contributed by atoms with van der Waals surface area (Å²) in [5.74, 6) is -11.1. The topological polar surface area (TPSA) is 503 Å². The summed E-state index contributed by atoms with van der Waals surface area (Å²) in [5.41, 5.74) is 10.7. The largest absolute Gasteiger partial charge is 0.481 e. The molecule has 16 N–H and O–H groups in total. The molecule has 33 heteroatoms. The van der Waals surface area contributed by atoms with Gasteiger partial charge in [0, 0.05) is 83.8 Å². The van der Waals surface area contributed by atoms with E-state index in [1.165, 1.54) is 11.3 Å². The van der Waals surface area contributed by atoms with Gasteiger partial charge in [-0.25, -0.2) is 0 Å². The van der Waals surface area contributed by atoms with Gasteiger partial charge in [-0.1, -0.05) is 41.0 Å². The fraction of sp³-hybridized carbons (Fsp3) is 0.783. The molecule has 0 saturated carbocycles. The molecule has 0 rings (SSSR count). The van der Waals surface area contributed by atoms with Crippen molar-refractivity contribution in [2.45, 2.75) is 168 Å². The molecule has 0 aliphatic carbocycles. The summed E-state index contributed by atoms with van der Waals surface area (Å²) < 4.78 is 21.4. The van der Waals surface area contributed by atoms with Gasteiger partial charge in [0.05, 0.1) is 58.8 Å². The van der Waals surface area contributed by atoms with Crippen LogP contribution in [0.4, 0.5) is 0 Å². The van der Waals surface area contributed by atoms with Crippen LogP contribution in [0.3, 0.4) is 0 Å². The number of amides is 8. The molecule has 0 aromatic heterocycles. The number of unbranched alkanes of at least 4 members (excludes halogenated alkanes) is 3. The summed E-state index contributed by atoms with van der Waals surface area (Å²) >= 11 is 0. The van der Waals surface area contributed by atoms with Gasteiger partial charge < -0.3 is 93.2 Å². The maximum absolute atomic E-state index is 13.4. The standard InChI is InChI=1S/C56H99N11O22.C3H8.CH4/c1-3-40(53(57)81)11-4-7-20-61-47(71)37-88-31-30-87-28-23-63-48(72)38-89-32-29-86-27-22-62-44(68)14-10-15-46(70)65-42(55(83)64-21-9-5-12-41(59-2)54(58)82)13-6-8-19-60-45(69)17-16-43(56(84)85)67(24-18-39(33-49(73)74)34-50(75)76)26-25-66(35-51(77)78)36-52(79)80;1-3-2;/h39-43,59H,3-38H2,1-2H3,(H2,57,81)(H2,58,82)(H,60,69)(H,61,71)(H,62,68)(H,63,72)(H,64,83)(H,65,70)(H,73,74)(H,75,76)(H,77,78)(H,79,80)(H,84,85);3H2,1-2H3;1H4/t40-,41-,42-,43-;;/m0../s1. The van der Waals surface area contributed by atoms with E-state index in [4.69, 9.17) is 30.4 Å². The van der Waals surface area contributed by atoms with E-state index < -0.39 is 103 Å². The molecule has 0 unspecified atom stereocenters. The number of carboxylic acid groups (broad SMARTS) is 5. The molecule has 0 spiro atoms. The fourth-order valence-electron chi connectivity index (χ4n) is 8.89. The van der Waals surface area contributed by atoms with Crippen molar-refractivity contribution in [1.29, 1.82) is 0 Å². The minimum absolute atomic E-state index is 0. The molecule has 538 valence electrons. The molecule has 0 aliphatic rings. The second-order valence-corrected chi connectivity index (χ2v) is 21.7. The lowest BCUT2D eigenvalue weighted by Gasteiger charge is -2.32. The van der Waals surface area contributed by atoms with Crippen LogP contribution in [0.2, 0.25) is 0 Å². The van der Waals surface area contributed by atoms with Crippen LogP contribution in [0.25, 0.3) is 0 Å². The summed E-state index contributed by atoms with van der Waals surface area (Å²) in [6.07, 6.45) is 4.63. The first-order chi connectivity index (χ1) is 43.8. The number of primary amides is 2. The lowest BCUT2D eigenvalue weighted by molar-refractivity contribution is -0.146. The van der Waals surface area contributed by atoms with Gasteiger partial charge in [-0.3, -0.25) is 72.1 Å². The number of likely N-dealkylation sites (N-methyl/N-ethyl adjacent to an activating group) is 1. The third-order valence-electron chi connectivity index (χ3n) is 13.7. The number of hydrogen-bond donors (Lipinski definition) is 14. The Hall–Kier alpha value is -7.17. The molecule has 0 aromatic carbocycles. The quantitative estimate of drug-likeness (QED) is 0.0338. The van der Waals surface area contributed by atoms with Crippen LogP contribution in [-0.2, 0) is 81.3 Å². The zero-order valence-electron chi connectivity index (χ0n) is 54.3. The van der Waals surface area contributed by atoms with Crippen LogP contribution in [0.5, 0.6) is 0 Å². The Morgan fingerprint density at radius 1 is 0.452 bits per heavy atom. The Bertz CT molecular complexity index is 2110. The Morgan fingerprint density at radius 2 is 0.903 bits per heavy atom. The Labute approximate surface area is 546 Å². The Balaban J connectivity index is -0.0000198. The van der Waals surface area contributed by atoms with Crippen LogP contribution in [-0.4, -0.2) is 256 Å². The van der Waals surface area contributed by atoms with Gasteiger partial charge in [0.2, 0.25) is 47.3 Å². The minimum Gasteiger partial charge on any atom is -0.481 e. The fourth-order valence-corrected chi connectivity index (χ4v) is 8.89. The number of nitrogens with two attached hydrogens (primary N) is 2. The van der Waals surface area contributed by atoms with Crippen LogP contribution in [0.1, 0.15) is 150 Å². The molecule has 0 fully saturated rings. The van der Waals surface area contributed by atoms with E-state index in [0.29, 0.717) is 51.5 Å². The molecular weight excluding hydrogens is 1230 g/mol. The Kier molecular flexibility index (Phi) is 56.8.